The number of carbonyl (C=O) groups is 1. The summed E-state index contributed by atoms with van der Waals surface area (Å²) in [5, 5.41) is 3.17. The highest BCUT2D eigenvalue weighted by atomic mass is 16.2. The molecule has 0 bridgehead atoms. The van der Waals surface area contributed by atoms with Crippen LogP contribution in [0.3, 0.4) is 0 Å². The summed E-state index contributed by atoms with van der Waals surface area (Å²) in [5.74, 6) is 0.508. The van der Waals surface area contributed by atoms with Crippen molar-refractivity contribution in [3.8, 4) is 0 Å². The second-order valence-electron chi connectivity index (χ2n) is 5.08. The summed E-state index contributed by atoms with van der Waals surface area (Å²) in [4.78, 5) is 22.7. The van der Waals surface area contributed by atoms with Crippen molar-refractivity contribution in [1.82, 2.24) is 14.9 Å². The normalized spacial score (nSPS) is 10.4. The molecule has 1 heterocycles. The van der Waals surface area contributed by atoms with E-state index < -0.39 is 0 Å². The van der Waals surface area contributed by atoms with E-state index in [-0.39, 0.29) is 5.91 Å². The molecule has 5 nitrogen and oxygen atoms in total. The van der Waals surface area contributed by atoms with Crippen molar-refractivity contribution in [3.05, 3.63) is 17.5 Å². The third kappa shape index (κ3) is 5.15. The number of aryl methyl sites for hydroxylation is 1. The largest absolute Gasteiger partial charge is 0.354 e. The van der Waals surface area contributed by atoms with E-state index in [0.717, 1.165) is 44.5 Å². The van der Waals surface area contributed by atoms with Gasteiger partial charge in [0.25, 0.3) is 5.91 Å². The molecule has 1 rings (SSSR count). The fraction of sp³-hybridized carbons (Fsp3) is 0.667. The van der Waals surface area contributed by atoms with Gasteiger partial charge in [0.15, 0.2) is 0 Å². The molecule has 1 amide bonds. The van der Waals surface area contributed by atoms with E-state index in [0.29, 0.717) is 11.6 Å². The fourth-order valence-corrected chi connectivity index (χ4v) is 1.83. The molecule has 0 aliphatic carbocycles. The zero-order chi connectivity index (χ0) is 15.0. The zero-order valence-corrected chi connectivity index (χ0v) is 13.1. The number of hydrogen-bond donors (Lipinski definition) is 1. The Kier molecular flexibility index (Phi) is 6.98. The Hall–Kier alpha value is -1.65. The van der Waals surface area contributed by atoms with E-state index in [9.17, 15) is 4.79 Å². The number of amides is 1. The van der Waals surface area contributed by atoms with Crippen molar-refractivity contribution in [2.24, 2.45) is 0 Å². The molecular weight excluding hydrogens is 252 g/mol. The van der Waals surface area contributed by atoms with Crippen LogP contribution in [0, 0.1) is 6.92 Å². The lowest BCUT2D eigenvalue weighted by Gasteiger charge is -2.16. The van der Waals surface area contributed by atoms with Crippen LogP contribution < -0.4 is 5.32 Å². The topological polar surface area (TPSA) is 58.1 Å². The van der Waals surface area contributed by atoms with E-state index in [1.165, 1.54) is 0 Å². The summed E-state index contributed by atoms with van der Waals surface area (Å²) in [5.41, 5.74) is 1.28. The van der Waals surface area contributed by atoms with E-state index in [2.05, 4.69) is 29.1 Å². The first-order valence-electron chi connectivity index (χ1n) is 7.43. The summed E-state index contributed by atoms with van der Waals surface area (Å²) in [6.45, 7) is 7.73. The Bertz CT molecular complexity index is 434. The lowest BCUT2D eigenvalue weighted by atomic mass is 10.2. The first-order chi connectivity index (χ1) is 9.58. The lowest BCUT2D eigenvalue weighted by molar-refractivity contribution is 0.0787. The molecule has 0 aliphatic rings. The Balaban J connectivity index is 2.75. The highest BCUT2D eigenvalue weighted by Gasteiger charge is 2.14. The maximum absolute atomic E-state index is 12.3. The molecule has 1 aromatic heterocycles. The maximum Gasteiger partial charge on any atom is 0.272 e. The number of carbonyl (C=O) groups excluding carboxylic acids is 1. The van der Waals surface area contributed by atoms with Gasteiger partial charge in [-0.3, -0.25) is 4.79 Å². The van der Waals surface area contributed by atoms with Crippen molar-refractivity contribution >= 4 is 11.9 Å². The van der Waals surface area contributed by atoms with Crippen molar-refractivity contribution < 1.29 is 4.79 Å². The highest BCUT2D eigenvalue weighted by Crippen LogP contribution is 2.08. The fourth-order valence-electron chi connectivity index (χ4n) is 1.83. The minimum Gasteiger partial charge on any atom is -0.354 e. The van der Waals surface area contributed by atoms with Crippen LogP contribution in [0.5, 0.6) is 0 Å². The smallest absolute Gasteiger partial charge is 0.272 e. The van der Waals surface area contributed by atoms with Crippen LogP contribution in [0.2, 0.25) is 0 Å². The summed E-state index contributed by atoms with van der Waals surface area (Å²) < 4.78 is 0. The first-order valence-corrected chi connectivity index (χ1v) is 7.43. The van der Waals surface area contributed by atoms with Gasteiger partial charge >= 0.3 is 0 Å². The number of nitrogens with one attached hydrogen (secondary N) is 1. The molecule has 0 atom stereocenters. The number of hydrogen-bond acceptors (Lipinski definition) is 4. The summed E-state index contributed by atoms with van der Waals surface area (Å²) >= 11 is 0. The molecule has 1 N–H and O–H groups in total. The van der Waals surface area contributed by atoms with Crippen molar-refractivity contribution in [2.45, 2.75) is 46.5 Å². The third-order valence-electron chi connectivity index (χ3n) is 3.08. The molecular formula is C15H26N4O. The Labute approximate surface area is 121 Å². The number of rotatable bonds is 8. The molecule has 0 fully saturated rings. The average molecular weight is 278 g/mol. The summed E-state index contributed by atoms with van der Waals surface area (Å²) in [6, 6.07) is 1.75. The highest BCUT2D eigenvalue weighted by molar-refractivity contribution is 5.92. The minimum absolute atomic E-state index is 0.0394. The Morgan fingerprint density at radius 1 is 1.25 bits per heavy atom. The Morgan fingerprint density at radius 2 is 1.95 bits per heavy atom. The predicted molar refractivity (Wildman–Crippen MR) is 82.0 cm³/mol. The molecule has 0 aromatic carbocycles. The second-order valence-corrected chi connectivity index (χ2v) is 5.08. The van der Waals surface area contributed by atoms with Gasteiger partial charge in [0.1, 0.15) is 5.69 Å². The van der Waals surface area contributed by atoms with Gasteiger partial charge in [-0.25, -0.2) is 9.97 Å². The number of aromatic nitrogens is 2. The van der Waals surface area contributed by atoms with Gasteiger partial charge in [-0.05, 0) is 25.8 Å². The quantitative estimate of drug-likeness (QED) is 0.743. The maximum atomic E-state index is 12.3. The minimum atomic E-state index is -0.0394. The van der Waals surface area contributed by atoms with Gasteiger partial charge in [-0.15, -0.1) is 0 Å². The van der Waals surface area contributed by atoms with E-state index in [1.807, 2.05) is 14.0 Å². The predicted octanol–water partition coefficient (Wildman–Crippen LogP) is 2.87. The Morgan fingerprint density at radius 3 is 2.60 bits per heavy atom. The summed E-state index contributed by atoms with van der Waals surface area (Å²) in [6.07, 6.45) is 4.26. The van der Waals surface area contributed by atoms with E-state index >= 15 is 0 Å². The molecule has 0 radical (unpaired) electrons. The standard InChI is InChI=1S/C15H26N4O/c1-5-7-9-16-15-17-12(3)11-13(18-15)14(20)19(4)10-8-6-2/h11H,5-10H2,1-4H3,(H,16,17,18). The molecule has 112 valence electrons. The molecule has 20 heavy (non-hydrogen) atoms. The van der Waals surface area contributed by atoms with Crippen LogP contribution in [0.15, 0.2) is 6.07 Å². The van der Waals surface area contributed by atoms with Crippen LogP contribution in [0.1, 0.15) is 55.7 Å². The van der Waals surface area contributed by atoms with Gasteiger partial charge in [0.05, 0.1) is 0 Å². The van der Waals surface area contributed by atoms with Gasteiger partial charge in [0, 0.05) is 25.8 Å². The lowest BCUT2D eigenvalue weighted by Crippen LogP contribution is -2.29. The molecule has 0 saturated carbocycles. The van der Waals surface area contributed by atoms with Crippen LogP contribution in [0.4, 0.5) is 5.95 Å². The van der Waals surface area contributed by atoms with Gasteiger partial charge in [-0.1, -0.05) is 26.7 Å². The van der Waals surface area contributed by atoms with Crippen LogP contribution in [0.25, 0.3) is 0 Å². The third-order valence-corrected chi connectivity index (χ3v) is 3.08. The number of nitrogens with zero attached hydrogens (tertiary/aromatic N) is 3. The molecule has 5 heteroatoms. The van der Waals surface area contributed by atoms with Crippen LogP contribution in [-0.4, -0.2) is 40.9 Å². The van der Waals surface area contributed by atoms with E-state index in [1.54, 1.807) is 11.0 Å². The summed E-state index contributed by atoms with van der Waals surface area (Å²) in [7, 11) is 1.82. The monoisotopic (exact) mass is 278 g/mol. The molecule has 0 aliphatic heterocycles. The number of anilines is 1. The molecule has 0 unspecified atom stereocenters. The average Bonchev–Trinajstić information content (AvgIpc) is 2.43. The van der Waals surface area contributed by atoms with Crippen molar-refractivity contribution in [3.63, 3.8) is 0 Å². The SMILES string of the molecule is CCCCNc1nc(C)cc(C(=O)N(C)CCCC)n1. The zero-order valence-electron chi connectivity index (χ0n) is 13.1. The van der Waals surface area contributed by atoms with Crippen molar-refractivity contribution in [1.29, 1.82) is 0 Å². The van der Waals surface area contributed by atoms with Crippen LogP contribution in [-0.2, 0) is 0 Å². The molecule has 1 aromatic rings. The van der Waals surface area contributed by atoms with Crippen LogP contribution >= 0.6 is 0 Å². The van der Waals surface area contributed by atoms with E-state index in [4.69, 9.17) is 0 Å². The van der Waals surface area contributed by atoms with Gasteiger partial charge in [0.2, 0.25) is 5.95 Å². The molecule has 0 saturated heterocycles. The molecule has 0 spiro atoms. The first kappa shape index (κ1) is 16.4. The number of unbranched alkanes of at least 4 members (excludes halogenated alkanes) is 2. The van der Waals surface area contributed by atoms with Gasteiger partial charge < -0.3 is 10.2 Å². The van der Waals surface area contributed by atoms with Crippen molar-refractivity contribution in [2.75, 3.05) is 25.5 Å². The second kappa shape index (κ2) is 8.51. The van der Waals surface area contributed by atoms with Gasteiger partial charge in [-0.2, -0.15) is 0 Å².